The first-order valence-electron chi connectivity index (χ1n) is 6.27. The maximum absolute atomic E-state index is 4.27. The molecule has 3 nitrogen and oxygen atoms in total. The highest BCUT2D eigenvalue weighted by Gasteiger charge is 2.20. The molecule has 3 rings (SSSR count). The molecule has 1 saturated carbocycles. The molecule has 1 aromatic heterocycles. The van der Waals surface area contributed by atoms with E-state index in [1.807, 2.05) is 6.07 Å². The van der Waals surface area contributed by atoms with Crippen molar-refractivity contribution in [3.8, 4) is 0 Å². The van der Waals surface area contributed by atoms with Crippen molar-refractivity contribution in [3.63, 3.8) is 0 Å². The minimum atomic E-state index is 0.723. The van der Waals surface area contributed by atoms with Crippen LogP contribution in [0, 0.1) is 0 Å². The zero-order valence-corrected chi connectivity index (χ0v) is 12.7. The Morgan fingerprint density at radius 3 is 2.95 bits per heavy atom. The number of hydrogen-bond acceptors (Lipinski definition) is 4. The quantitative estimate of drug-likeness (QED) is 0.846. The van der Waals surface area contributed by atoms with E-state index in [-0.39, 0.29) is 0 Å². The van der Waals surface area contributed by atoms with Crippen molar-refractivity contribution in [3.05, 3.63) is 46.8 Å². The molecule has 0 amide bonds. The summed E-state index contributed by atoms with van der Waals surface area (Å²) in [4.78, 5) is 9.45. The number of halogens is 1. The normalized spacial score (nSPS) is 14.6. The lowest BCUT2D eigenvalue weighted by Crippen LogP contribution is -2.15. The van der Waals surface area contributed by atoms with Crippen molar-refractivity contribution < 1.29 is 0 Å². The number of aromatic nitrogens is 2. The van der Waals surface area contributed by atoms with Gasteiger partial charge in [-0.3, -0.25) is 0 Å². The second kappa shape index (κ2) is 6.03. The maximum atomic E-state index is 4.27. The summed E-state index contributed by atoms with van der Waals surface area (Å²) in [5, 5.41) is 4.53. The Hall–Kier alpha value is -0.910. The highest BCUT2D eigenvalue weighted by atomic mass is 79.9. The molecule has 0 saturated heterocycles. The Kier molecular flexibility index (Phi) is 4.15. The van der Waals surface area contributed by atoms with Gasteiger partial charge in [0.1, 0.15) is 11.4 Å². The molecule has 1 aromatic carbocycles. The van der Waals surface area contributed by atoms with Crippen LogP contribution in [0.2, 0.25) is 0 Å². The van der Waals surface area contributed by atoms with Crippen molar-refractivity contribution in [2.75, 3.05) is 0 Å². The Balaban J connectivity index is 1.78. The van der Waals surface area contributed by atoms with E-state index in [0.29, 0.717) is 0 Å². The molecule has 5 heteroatoms. The van der Waals surface area contributed by atoms with E-state index in [4.69, 9.17) is 0 Å². The molecule has 1 heterocycles. The van der Waals surface area contributed by atoms with Crippen molar-refractivity contribution in [1.82, 2.24) is 15.3 Å². The third-order valence-corrected chi connectivity index (χ3v) is 4.50. The van der Waals surface area contributed by atoms with E-state index < -0.39 is 0 Å². The van der Waals surface area contributed by atoms with Crippen molar-refractivity contribution >= 4 is 27.7 Å². The summed E-state index contributed by atoms with van der Waals surface area (Å²) in [6, 6.07) is 9.07. The second-order valence-electron chi connectivity index (χ2n) is 4.56. The summed E-state index contributed by atoms with van der Waals surface area (Å²) < 4.78 is 1.10. The van der Waals surface area contributed by atoms with Gasteiger partial charge in [0.05, 0.1) is 0 Å². The molecule has 98 valence electrons. The minimum Gasteiger partial charge on any atom is -0.310 e. The van der Waals surface area contributed by atoms with Gasteiger partial charge >= 0.3 is 0 Å². The number of rotatable bonds is 5. The van der Waals surface area contributed by atoms with Gasteiger partial charge < -0.3 is 5.32 Å². The lowest BCUT2D eigenvalue weighted by atomic mass is 10.2. The van der Waals surface area contributed by atoms with Gasteiger partial charge in [-0.2, -0.15) is 0 Å². The fourth-order valence-electron chi connectivity index (χ4n) is 1.76. The van der Waals surface area contributed by atoms with Crippen LogP contribution in [0.1, 0.15) is 18.4 Å². The Bertz CT molecular complexity index is 558. The summed E-state index contributed by atoms with van der Waals surface area (Å²) in [6.45, 7) is 0.922. The zero-order chi connectivity index (χ0) is 13.1. The molecular formula is C14H14BrN3S. The summed E-state index contributed by atoms with van der Waals surface area (Å²) in [5.41, 5.74) is 1.32. The molecule has 1 aliphatic rings. The van der Waals surface area contributed by atoms with Crippen LogP contribution in [0.25, 0.3) is 0 Å². The topological polar surface area (TPSA) is 37.8 Å². The highest BCUT2D eigenvalue weighted by Crippen LogP contribution is 2.31. The summed E-state index contributed by atoms with van der Waals surface area (Å²) in [6.07, 6.45) is 5.98. The molecule has 2 aromatic rings. The average Bonchev–Trinajstić information content (AvgIpc) is 3.23. The molecule has 0 bridgehead atoms. The standard InChI is InChI=1S/C14H14BrN3S/c15-11-2-1-10(8-17-12-3-4-12)13(7-11)19-14-5-6-16-9-18-14/h1-2,5-7,9,12,17H,3-4,8H2. The fourth-order valence-corrected chi connectivity index (χ4v) is 3.19. The molecule has 0 radical (unpaired) electrons. The van der Waals surface area contributed by atoms with Gasteiger partial charge in [-0.1, -0.05) is 33.8 Å². The zero-order valence-electron chi connectivity index (χ0n) is 10.3. The van der Waals surface area contributed by atoms with E-state index >= 15 is 0 Å². The maximum Gasteiger partial charge on any atom is 0.116 e. The van der Waals surface area contributed by atoms with E-state index in [1.165, 1.54) is 23.3 Å². The first-order chi connectivity index (χ1) is 9.31. The van der Waals surface area contributed by atoms with Gasteiger partial charge in [0, 0.05) is 28.2 Å². The Morgan fingerprint density at radius 1 is 1.32 bits per heavy atom. The molecule has 0 unspecified atom stereocenters. The van der Waals surface area contributed by atoms with Gasteiger partial charge in [-0.25, -0.2) is 9.97 Å². The number of nitrogens with zero attached hydrogens (tertiary/aromatic N) is 2. The lowest BCUT2D eigenvalue weighted by molar-refractivity contribution is 0.680. The van der Waals surface area contributed by atoms with Gasteiger partial charge in [-0.05, 0) is 36.6 Å². The van der Waals surface area contributed by atoms with Crippen molar-refractivity contribution in [1.29, 1.82) is 0 Å². The monoisotopic (exact) mass is 335 g/mol. The molecule has 0 aliphatic heterocycles. The summed E-state index contributed by atoms with van der Waals surface area (Å²) in [5.74, 6) is 0. The Morgan fingerprint density at radius 2 is 2.21 bits per heavy atom. The summed E-state index contributed by atoms with van der Waals surface area (Å²) >= 11 is 5.21. The molecule has 0 atom stereocenters. The van der Waals surface area contributed by atoms with Gasteiger partial charge in [0.2, 0.25) is 0 Å². The molecule has 1 aliphatic carbocycles. The predicted octanol–water partition coefficient (Wildman–Crippen LogP) is 3.64. The molecule has 1 fully saturated rings. The van der Waals surface area contributed by atoms with Gasteiger partial charge in [0.25, 0.3) is 0 Å². The number of nitrogens with one attached hydrogen (secondary N) is 1. The first kappa shape index (κ1) is 13.1. The van der Waals surface area contributed by atoms with E-state index in [1.54, 1.807) is 24.3 Å². The number of benzene rings is 1. The smallest absolute Gasteiger partial charge is 0.116 e. The van der Waals surface area contributed by atoms with Crippen LogP contribution in [0.4, 0.5) is 0 Å². The highest BCUT2D eigenvalue weighted by molar-refractivity contribution is 9.10. The van der Waals surface area contributed by atoms with Crippen molar-refractivity contribution in [2.24, 2.45) is 0 Å². The SMILES string of the molecule is Brc1ccc(CNC2CC2)c(Sc2ccncn2)c1. The predicted molar refractivity (Wildman–Crippen MR) is 80.2 cm³/mol. The average molecular weight is 336 g/mol. The number of hydrogen-bond donors (Lipinski definition) is 1. The van der Waals surface area contributed by atoms with Gasteiger partial charge in [0.15, 0.2) is 0 Å². The van der Waals surface area contributed by atoms with E-state index in [0.717, 1.165) is 22.1 Å². The molecule has 0 spiro atoms. The van der Waals surface area contributed by atoms with Crippen LogP contribution >= 0.6 is 27.7 Å². The second-order valence-corrected chi connectivity index (χ2v) is 6.53. The van der Waals surface area contributed by atoms with Crippen LogP contribution in [-0.2, 0) is 6.54 Å². The van der Waals surface area contributed by atoms with Crippen LogP contribution in [-0.4, -0.2) is 16.0 Å². The third-order valence-electron chi connectivity index (χ3n) is 2.96. The first-order valence-corrected chi connectivity index (χ1v) is 7.88. The molecular weight excluding hydrogens is 322 g/mol. The molecule has 1 N–H and O–H groups in total. The van der Waals surface area contributed by atoms with Crippen LogP contribution in [0.5, 0.6) is 0 Å². The minimum absolute atomic E-state index is 0.723. The Labute approximate surface area is 125 Å². The van der Waals surface area contributed by atoms with Crippen LogP contribution in [0.15, 0.2) is 51.2 Å². The van der Waals surface area contributed by atoms with Crippen molar-refractivity contribution in [2.45, 2.75) is 35.3 Å². The van der Waals surface area contributed by atoms with E-state index in [2.05, 4.69) is 49.4 Å². The summed E-state index contributed by atoms with van der Waals surface area (Å²) in [7, 11) is 0. The third kappa shape index (κ3) is 3.78. The molecule has 19 heavy (non-hydrogen) atoms. The lowest BCUT2D eigenvalue weighted by Gasteiger charge is -2.10. The fraction of sp³-hybridized carbons (Fsp3) is 0.286. The van der Waals surface area contributed by atoms with Crippen LogP contribution < -0.4 is 5.32 Å². The van der Waals surface area contributed by atoms with Gasteiger partial charge in [-0.15, -0.1) is 0 Å². The van der Waals surface area contributed by atoms with Crippen LogP contribution in [0.3, 0.4) is 0 Å². The largest absolute Gasteiger partial charge is 0.310 e. The van der Waals surface area contributed by atoms with E-state index in [9.17, 15) is 0 Å².